The summed E-state index contributed by atoms with van der Waals surface area (Å²) in [6.07, 6.45) is 12.7. The molecule has 0 radical (unpaired) electrons. The van der Waals surface area contributed by atoms with Crippen molar-refractivity contribution in [1.29, 1.82) is 0 Å². The lowest BCUT2D eigenvalue weighted by Gasteiger charge is -2.56. The van der Waals surface area contributed by atoms with Crippen molar-refractivity contribution in [3.8, 4) is 0 Å². The van der Waals surface area contributed by atoms with Crippen molar-refractivity contribution in [3.05, 3.63) is 47.8 Å². The van der Waals surface area contributed by atoms with Gasteiger partial charge in [0.2, 0.25) is 0 Å². The minimum atomic E-state index is 0.322. The van der Waals surface area contributed by atoms with Crippen molar-refractivity contribution in [2.24, 2.45) is 23.2 Å². The second-order valence-electron chi connectivity index (χ2n) is 9.53. The first-order chi connectivity index (χ1) is 13.2. The summed E-state index contributed by atoms with van der Waals surface area (Å²) in [6, 6.07) is 10.4. The van der Waals surface area contributed by atoms with Crippen molar-refractivity contribution < 1.29 is 4.79 Å². The summed E-state index contributed by atoms with van der Waals surface area (Å²) in [5.74, 6) is 3.05. The Morgan fingerprint density at radius 3 is 2.33 bits per heavy atom. The zero-order chi connectivity index (χ0) is 18.3. The maximum atomic E-state index is 12.8. The van der Waals surface area contributed by atoms with E-state index in [1.54, 1.807) is 4.68 Å². The van der Waals surface area contributed by atoms with E-state index in [9.17, 15) is 4.79 Å². The SMILES string of the molecule is O=C(Cn1cc(CCc2ccccc2)nn1)CC12CC3CC(CC(C3)C1)C2. The molecular weight excluding hydrogens is 334 g/mol. The summed E-state index contributed by atoms with van der Waals surface area (Å²) in [5, 5.41) is 8.48. The molecule has 2 aromatic rings. The fourth-order valence-corrected chi connectivity index (χ4v) is 6.61. The normalized spacial score (nSPS) is 31.3. The first-order valence-corrected chi connectivity index (χ1v) is 10.6. The number of carbonyl (C=O) groups is 1. The van der Waals surface area contributed by atoms with Gasteiger partial charge >= 0.3 is 0 Å². The second-order valence-corrected chi connectivity index (χ2v) is 9.53. The molecule has 0 unspecified atom stereocenters. The van der Waals surface area contributed by atoms with Crippen LogP contribution in [-0.2, 0) is 24.2 Å². The number of carbonyl (C=O) groups excluding carboxylic acids is 1. The van der Waals surface area contributed by atoms with E-state index in [0.29, 0.717) is 17.7 Å². The Labute approximate surface area is 161 Å². The maximum absolute atomic E-state index is 12.8. The first-order valence-electron chi connectivity index (χ1n) is 10.6. The van der Waals surface area contributed by atoms with Gasteiger partial charge in [0, 0.05) is 12.6 Å². The van der Waals surface area contributed by atoms with E-state index in [1.165, 1.54) is 44.1 Å². The molecule has 4 nitrogen and oxygen atoms in total. The summed E-state index contributed by atoms with van der Waals surface area (Å²) in [7, 11) is 0. The fraction of sp³-hybridized carbons (Fsp3) is 0.609. The Kier molecular flexibility index (Phi) is 4.37. The zero-order valence-electron chi connectivity index (χ0n) is 16.0. The Morgan fingerprint density at radius 2 is 1.67 bits per heavy atom. The average Bonchev–Trinajstić information content (AvgIpc) is 3.06. The van der Waals surface area contributed by atoms with E-state index in [-0.39, 0.29) is 0 Å². The van der Waals surface area contributed by atoms with Crippen LogP contribution < -0.4 is 0 Å². The van der Waals surface area contributed by atoms with Gasteiger partial charge in [0.1, 0.15) is 6.54 Å². The molecule has 142 valence electrons. The molecule has 4 heteroatoms. The average molecular weight is 364 g/mol. The molecule has 0 saturated heterocycles. The van der Waals surface area contributed by atoms with Crippen LogP contribution in [0.5, 0.6) is 0 Å². The van der Waals surface area contributed by atoms with Gasteiger partial charge in [-0.15, -0.1) is 5.10 Å². The van der Waals surface area contributed by atoms with Gasteiger partial charge in [-0.05, 0) is 80.1 Å². The molecule has 4 saturated carbocycles. The van der Waals surface area contributed by atoms with E-state index in [0.717, 1.165) is 42.7 Å². The lowest BCUT2D eigenvalue weighted by molar-refractivity contribution is -0.128. The largest absolute Gasteiger partial charge is 0.298 e. The van der Waals surface area contributed by atoms with Crippen molar-refractivity contribution in [2.75, 3.05) is 0 Å². The fourth-order valence-electron chi connectivity index (χ4n) is 6.61. The molecular formula is C23H29N3O. The third-order valence-electron chi connectivity index (χ3n) is 7.17. The van der Waals surface area contributed by atoms with Gasteiger partial charge in [0.15, 0.2) is 5.78 Å². The molecule has 0 atom stereocenters. The molecule has 1 aromatic heterocycles. The summed E-state index contributed by atoms with van der Waals surface area (Å²) in [5.41, 5.74) is 2.61. The van der Waals surface area contributed by atoms with Crippen LogP contribution in [0.4, 0.5) is 0 Å². The molecule has 0 aliphatic heterocycles. The van der Waals surface area contributed by atoms with Gasteiger partial charge in [-0.1, -0.05) is 35.5 Å². The molecule has 1 aromatic carbocycles. The lowest BCUT2D eigenvalue weighted by atomic mass is 9.48. The summed E-state index contributed by atoms with van der Waals surface area (Å²) in [4.78, 5) is 12.8. The van der Waals surface area contributed by atoms with E-state index < -0.39 is 0 Å². The monoisotopic (exact) mass is 363 g/mol. The quantitative estimate of drug-likeness (QED) is 0.739. The lowest BCUT2D eigenvalue weighted by Crippen LogP contribution is -2.47. The van der Waals surface area contributed by atoms with Crippen molar-refractivity contribution in [2.45, 2.75) is 64.3 Å². The maximum Gasteiger partial charge on any atom is 0.154 e. The highest BCUT2D eigenvalue weighted by molar-refractivity contribution is 5.79. The van der Waals surface area contributed by atoms with Crippen LogP contribution in [0.25, 0.3) is 0 Å². The number of nitrogens with zero attached hydrogens (tertiary/aromatic N) is 3. The summed E-state index contributed by atoms with van der Waals surface area (Å²) >= 11 is 0. The minimum absolute atomic E-state index is 0.322. The molecule has 4 fully saturated rings. The van der Waals surface area contributed by atoms with Gasteiger partial charge in [-0.2, -0.15) is 0 Å². The van der Waals surface area contributed by atoms with Crippen LogP contribution in [-0.4, -0.2) is 20.8 Å². The van der Waals surface area contributed by atoms with Crippen LogP contribution in [0, 0.1) is 23.2 Å². The summed E-state index contributed by atoms with van der Waals surface area (Å²) in [6.45, 7) is 0.389. The van der Waals surface area contributed by atoms with Crippen LogP contribution in [0.1, 0.15) is 56.2 Å². The molecule has 0 spiro atoms. The molecule has 0 N–H and O–H groups in total. The van der Waals surface area contributed by atoms with Crippen LogP contribution in [0.15, 0.2) is 36.5 Å². The predicted octanol–water partition coefficient (Wildman–Crippen LogP) is 4.24. The Morgan fingerprint density at radius 1 is 1.00 bits per heavy atom. The number of aryl methyl sites for hydroxylation is 2. The van der Waals surface area contributed by atoms with Gasteiger partial charge in [-0.3, -0.25) is 4.79 Å². The van der Waals surface area contributed by atoms with Crippen molar-refractivity contribution >= 4 is 5.78 Å². The van der Waals surface area contributed by atoms with Crippen LogP contribution in [0.3, 0.4) is 0 Å². The van der Waals surface area contributed by atoms with Crippen LogP contribution >= 0.6 is 0 Å². The molecule has 4 bridgehead atoms. The minimum Gasteiger partial charge on any atom is -0.298 e. The molecule has 27 heavy (non-hydrogen) atoms. The van der Waals surface area contributed by atoms with Gasteiger partial charge < -0.3 is 0 Å². The number of hydrogen-bond donors (Lipinski definition) is 0. The number of rotatable bonds is 7. The van der Waals surface area contributed by atoms with E-state index in [1.807, 2.05) is 12.3 Å². The number of ketones is 1. The zero-order valence-corrected chi connectivity index (χ0v) is 16.0. The van der Waals surface area contributed by atoms with Crippen molar-refractivity contribution in [1.82, 2.24) is 15.0 Å². The van der Waals surface area contributed by atoms with E-state index in [2.05, 4.69) is 34.6 Å². The summed E-state index contributed by atoms with van der Waals surface area (Å²) < 4.78 is 1.75. The third kappa shape index (κ3) is 3.71. The second kappa shape index (κ2) is 6.88. The highest BCUT2D eigenvalue weighted by Crippen LogP contribution is 2.61. The number of Topliss-reactive ketones (excluding diaryl/α,β-unsaturated/α-hetero) is 1. The molecule has 4 aliphatic rings. The Bertz CT molecular complexity index is 775. The highest BCUT2D eigenvalue weighted by Gasteiger charge is 2.51. The highest BCUT2D eigenvalue weighted by atomic mass is 16.1. The van der Waals surface area contributed by atoms with Crippen molar-refractivity contribution in [3.63, 3.8) is 0 Å². The molecule has 0 amide bonds. The van der Waals surface area contributed by atoms with E-state index in [4.69, 9.17) is 0 Å². The molecule has 4 aliphatic carbocycles. The number of benzene rings is 1. The Balaban J connectivity index is 1.17. The standard InChI is InChI=1S/C23H29N3O/c27-22(14-23-11-18-8-19(12-23)10-20(9-18)13-23)16-26-15-21(24-25-26)7-6-17-4-2-1-3-5-17/h1-5,15,18-20H,6-14,16H2. The van der Waals surface area contributed by atoms with Gasteiger partial charge in [0.05, 0.1) is 5.69 Å². The van der Waals surface area contributed by atoms with Crippen LogP contribution in [0.2, 0.25) is 0 Å². The van der Waals surface area contributed by atoms with Gasteiger partial charge in [-0.25, -0.2) is 4.68 Å². The number of hydrogen-bond acceptors (Lipinski definition) is 3. The topological polar surface area (TPSA) is 47.8 Å². The first kappa shape index (κ1) is 17.2. The smallest absolute Gasteiger partial charge is 0.154 e. The molecule has 1 heterocycles. The third-order valence-corrected chi connectivity index (χ3v) is 7.17. The molecule has 6 rings (SSSR count). The number of aromatic nitrogens is 3. The Hall–Kier alpha value is -1.97. The predicted molar refractivity (Wildman–Crippen MR) is 104 cm³/mol. The van der Waals surface area contributed by atoms with Gasteiger partial charge in [0.25, 0.3) is 0 Å². The van der Waals surface area contributed by atoms with E-state index >= 15 is 0 Å².